The second kappa shape index (κ2) is 20.7. The number of unbranched alkanes of at least 4 members (excludes halogenated alkanes) is 1. The van der Waals surface area contributed by atoms with Crippen LogP contribution in [0.1, 0.15) is 98.3 Å². The van der Waals surface area contributed by atoms with Gasteiger partial charge < -0.3 is 40.6 Å². The molecule has 0 saturated heterocycles. The maximum atomic E-state index is 14.1. The SMILES string of the molecule is CC(C)(C)OC(=O)NCCCC[C@H](NC(=O)[C@H](Cc1ccc(OC(C)(C)C)cc1)NC(=O)[C@@H](N)Cc1ccc(OC(C)(C)C)cc1)C(=O)OCc1ccccc1. The number of carbonyl (C=O) groups is 4. The Kier molecular flexibility index (Phi) is 16.8. The Morgan fingerprint density at radius 3 is 1.64 bits per heavy atom. The summed E-state index contributed by atoms with van der Waals surface area (Å²) >= 11 is 0. The number of rotatable bonds is 18. The van der Waals surface area contributed by atoms with E-state index in [1.165, 1.54) is 0 Å². The van der Waals surface area contributed by atoms with E-state index in [1.807, 2.05) is 120 Å². The zero-order chi connectivity index (χ0) is 41.5. The van der Waals surface area contributed by atoms with Crippen molar-refractivity contribution in [2.75, 3.05) is 6.54 Å². The van der Waals surface area contributed by atoms with E-state index in [0.717, 1.165) is 16.7 Å². The predicted molar refractivity (Wildman–Crippen MR) is 217 cm³/mol. The van der Waals surface area contributed by atoms with Crippen LogP contribution in [0.15, 0.2) is 78.9 Å². The number of esters is 1. The van der Waals surface area contributed by atoms with E-state index in [0.29, 0.717) is 30.9 Å². The van der Waals surface area contributed by atoms with Crippen molar-refractivity contribution in [1.82, 2.24) is 16.0 Å². The molecule has 12 heteroatoms. The number of nitrogens with two attached hydrogens (primary N) is 1. The van der Waals surface area contributed by atoms with E-state index in [2.05, 4.69) is 16.0 Å². The van der Waals surface area contributed by atoms with Crippen molar-refractivity contribution in [3.8, 4) is 11.5 Å². The molecule has 0 saturated carbocycles. The van der Waals surface area contributed by atoms with Crippen molar-refractivity contribution >= 4 is 23.9 Å². The third-order valence-corrected chi connectivity index (χ3v) is 7.97. The topological polar surface area (TPSA) is 167 Å². The first-order valence-electron chi connectivity index (χ1n) is 19.3. The van der Waals surface area contributed by atoms with Gasteiger partial charge in [-0.2, -0.15) is 0 Å². The molecule has 306 valence electrons. The zero-order valence-electron chi connectivity index (χ0n) is 34.5. The Morgan fingerprint density at radius 1 is 0.607 bits per heavy atom. The Balaban J connectivity index is 1.77. The molecule has 0 heterocycles. The summed E-state index contributed by atoms with van der Waals surface area (Å²) in [6, 6.07) is 20.8. The molecule has 12 nitrogen and oxygen atoms in total. The van der Waals surface area contributed by atoms with E-state index in [1.54, 1.807) is 20.8 Å². The lowest BCUT2D eigenvalue weighted by molar-refractivity contribution is -0.149. The van der Waals surface area contributed by atoms with Crippen LogP contribution in [0.2, 0.25) is 0 Å². The van der Waals surface area contributed by atoms with Gasteiger partial charge in [0, 0.05) is 13.0 Å². The van der Waals surface area contributed by atoms with E-state index >= 15 is 0 Å². The van der Waals surface area contributed by atoms with Gasteiger partial charge in [-0.25, -0.2) is 9.59 Å². The minimum Gasteiger partial charge on any atom is -0.488 e. The minimum atomic E-state index is -1.08. The number of hydrogen-bond donors (Lipinski definition) is 4. The summed E-state index contributed by atoms with van der Waals surface area (Å²) in [4.78, 5) is 53.3. The molecular formula is C44H62N4O8. The zero-order valence-corrected chi connectivity index (χ0v) is 34.5. The van der Waals surface area contributed by atoms with Crippen molar-refractivity contribution in [2.45, 2.75) is 136 Å². The molecule has 3 rings (SSSR count). The van der Waals surface area contributed by atoms with Crippen LogP contribution in [-0.2, 0) is 43.3 Å². The molecule has 3 atom stereocenters. The van der Waals surface area contributed by atoms with E-state index < -0.39 is 53.2 Å². The number of alkyl carbamates (subject to hydrolysis) is 1. The van der Waals surface area contributed by atoms with E-state index in [9.17, 15) is 19.2 Å². The highest BCUT2D eigenvalue weighted by atomic mass is 16.6. The maximum Gasteiger partial charge on any atom is 0.407 e. The highest BCUT2D eigenvalue weighted by Gasteiger charge is 2.29. The summed E-state index contributed by atoms with van der Waals surface area (Å²) in [5, 5.41) is 8.40. The fourth-order valence-corrected chi connectivity index (χ4v) is 5.49. The Hall–Kier alpha value is -5.10. The molecule has 3 aromatic carbocycles. The van der Waals surface area contributed by atoms with E-state index in [4.69, 9.17) is 24.7 Å². The molecule has 5 N–H and O–H groups in total. The molecule has 56 heavy (non-hydrogen) atoms. The van der Waals surface area contributed by atoms with Crippen LogP contribution >= 0.6 is 0 Å². The molecule has 3 aromatic rings. The highest BCUT2D eigenvalue weighted by Crippen LogP contribution is 2.21. The monoisotopic (exact) mass is 774 g/mol. The largest absolute Gasteiger partial charge is 0.488 e. The normalized spacial score (nSPS) is 13.4. The number of hydrogen-bond acceptors (Lipinski definition) is 9. The lowest BCUT2D eigenvalue weighted by atomic mass is 10.0. The van der Waals surface area contributed by atoms with Crippen LogP contribution in [-0.4, -0.2) is 65.4 Å². The van der Waals surface area contributed by atoms with Crippen molar-refractivity contribution in [3.05, 3.63) is 95.6 Å². The van der Waals surface area contributed by atoms with Gasteiger partial charge in [0.2, 0.25) is 11.8 Å². The van der Waals surface area contributed by atoms with Gasteiger partial charge in [0.25, 0.3) is 0 Å². The molecule has 0 aromatic heterocycles. The van der Waals surface area contributed by atoms with Crippen LogP contribution < -0.4 is 31.2 Å². The Morgan fingerprint density at radius 2 is 1.12 bits per heavy atom. The summed E-state index contributed by atoms with van der Waals surface area (Å²) in [5.41, 5.74) is 7.39. The van der Waals surface area contributed by atoms with Crippen LogP contribution in [0.5, 0.6) is 11.5 Å². The van der Waals surface area contributed by atoms with Crippen molar-refractivity contribution < 1.29 is 38.1 Å². The van der Waals surface area contributed by atoms with Crippen LogP contribution in [0.3, 0.4) is 0 Å². The minimum absolute atomic E-state index is 0.0214. The molecule has 0 radical (unpaired) electrons. The number of nitrogens with one attached hydrogen (secondary N) is 3. The quantitative estimate of drug-likeness (QED) is 0.0827. The fourth-order valence-electron chi connectivity index (χ4n) is 5.49. The molecule has 0 spiro atoms. The van der Waals surface area contributed by atoms with Crippen molar-refractivity contribution in [1.29, 1.82) is 0 Å². The summed E-state index contributed by atoms with van der Waals surface area (Å²) < 4.78 is 22.8. The van der Waals surface area contributed by atoms with Gasteiger partial charge in [0.1, 0.15) is 47.0 Å². The number of benzene rings is 3. The van der Waals surface area contributed by atoms with Crippen LogP contribution in [0, 0.1) is 0 Å². The summed E-state index contributed by atoms with van der Waals surface area (Å²) in [5.74, 6) is -0.352. The van der Waals surface area contributed by atoms with Crippen LogP contribution in [0.25, 0.3) is 0 Å². The first-order valence-corrected chi connectivity index (χ1v) is 19.3. The summed E-state index contributed by atoms with van der Waals surface area (Å²) in [6.07, 6.45) is 1.01. The number of carbonyl (C=O) groups excluding carboxylic acids is 4. The number of ether oxygens (including phenoxy) is 4. The van der Waals surface area contributed by atoms with E-state index in [-0.39, 0.29) is 31.5 Å². The average Bonchev–Trinajstić information content (AvgIpc) is 3.09. The lowest BCUT2D eigenvalue weighted by Gasteiger charge is -2.25. The van der Waals surface area contributed by atoms with Gasteiger partial charge in [0.05, 0.1) is 6.04 Å². The number of amides is 3. The first-order chi connectivity index (χ1) is 26.2. The Bertz CT molecular complexity index is 1690. The van der Waals surface area contributed by atoms with Gasteiger partial charge in [-0.3, -0.25) is 9.59 Å². The lowest BCUT2D eigenvalue weighted by Crippen LogP contribution is -2.55. The first kappa shape index (κ1) is 45.3. The van der Waals surface area contributed by atoms with Gasteiger partial charge in [-0.05, 0) is 129 Å². The third-order valence-electron chi connectivity index (χ3n) is 7.97. The third kappa shape index (κ3) is 18.0. The van der Waals surface area contributed by atoms with Crippen molar-refractivity contribution in [2.24, 2.45) is 5.73 Å². The molecule has 3 amide bonds. The molecular weight excluding hydrogens is 713 g/mol. The van der Waals surface area contributed by atoms with Gasteiger partial charge in [-0.15, -0.1) is 0 Å². The summed E-state index contributed by atoms with van der Waals surface area (Å²) in [6.45, 7) is 17.4. The van der Waals surface area contributed by atoms with Gasteiger partial charge in [0.15, 0.2) is 0 Å². The smallest absolute Gasteiger partial charge is 0.407 e. The molecule has 0 fully saturated rings. The molecule has 0 bridgehead atoms. The second-order valence-corrected chi connectivity index (χ2v) is 16.9. The van der Waals surface area contributed by atoms with Crippen molar-refractivity contribution in [3.63, 3.8) is 0 Å². The summed E-state index contributed by atoms with van der Waals surface area (Å²) in [7, 11) is 0. The maximum absolute atomic E-state index is 14.1. The standard InChI is InChI=1S/C44H62N4O8/c1-42(2,3)54-33-22-18-30(19-23-33)27-35(45)38(49)48-37(28-31-20-24-34(25-21-31)55-43(4,5)6)39(50)47-36(40(51)53-29-32-15-11-10-12-16-32)17-13-14-26-46-41(52)56-44(7,8)9/h10-12,15-16,18-25,35-37H,13-14,17,26-29,45H2,1-9H3,(H,46,52)(H,47,50)(H,48,49)/t35-,36-,37-/m0/s1. The van der Waals surface area contributed by atoms with Crippen LogP contribution in [0.4, 0.5) is 4.79 Å². The molecule has 0 aliphatic carbocycles. The molecule has 0 unspecified atom stereocenters. The average molecular weight is 775 g/mol. The molecule has 0 aliphatic rings. The second-order valence-electron chi connectivity index (χ2n) is 16.9. The Labute approximate surface area is 332 Å². The molecule has 0 aliphatic heterocycles. The fraction of sp³-hybridized carbons (Fsp3) is 0.500. The predicted octanol–water partition coefficient (Wildman–Crippen LogP) is 6.56. The highest BCUT2D eigenvalue weighted by molar-refractivity contribution is 5.92. The van der Waals surface area contributed by atoms with Gasteiger partial charge in [-0.1, -0.05) is 54.6 Å². The van der Waals surface area contributed by atoms with Gasteiger partial charge >= 0.3 is 12.1 Å².